The molecular formula is C13H8BrO2. The molecule has 0 spiro atoms. The summed E-state index contributed by atoms with van der Waals surface area (Å²) in [6.45, 7) is 0. The summed E-state index contributed by atoms with van der Waals surface area (Å²) in [6.07, 6.45) is 0.771. The van der Waals surface area contributed by atoms with Crippen LogP contribution in [0.5, 0.6) is 11.5 Å². The molecule has 0 saturated carbocycles. The van der Waals surface area contributed by atoms with Crippen molar-refractivity contribution in [1.29, 1.82) is 0 Å². The maximum atomic E-state index is 10.9. The van der Waals surface area contributed by atoms with E-state index in [1.807, 2.05) is 18.2 Å². The van der Waals surface area contributed by atoms with Gasteiger partial charge in [-0.1, -0.05) is 28.1 Å². The van der Waals surface area contributed by atoms with Crippen molar-refractivity contribution in [2.24, 2.45) is 0 Å². The number of carbonyl (C=O) groups excluding carboxylic acids is 1. The molecule has 2 aromatic carbocycles. The SMILES string of the molecule is O=Cc1cc(Br)ccc1Oc1c[c]ccc1. The van der Waals surface area contributed by atoms with Gasteiger partial charge in [-0.05, 0) is 36.4 Å². The zero-order valence-corrected chi connectivity index (χ0v) is 9.90. The summed E-state index contributed by atoms with van der Waals surface area (Å²) < 4.78 is 6.42. The van der Waals surface area contributed by atoms with E-state index in [1.165, 1.54) is 0 Å². The Hall–Kier alpha value is -1.61. The van der Waals surface area contributed by atoms with Crippen LogP contribution in [0.2, 0.25) is 0 Å². The van der Waals surface area contributed by atoms with Crippen molar-refractivity contribution in [3.05, 3.63) is 58.6 Å². The molecule has 0 atom stereocenters. The van der Waals surface area contributed by atoms with E-state index < -0.39 is 0 Å². The Bertz CT molecular complexity index is 495. The van der Waals surface area contributed by atoms with E-state index in [4.69, 9.17) is 4.74 Å². The molecule has 0 aliphatic carbocycles. The molecule has 0 N–H and O–H groups in total. The van der Waals surface area contributed by atoms with Gasteiger partial charge < -0.3 is 4.74 Å². The smallest absolute Gasteiger partial charge is 0.153 e. The minimum Gasteiger partial charge on any atom is -0.457 e. The van der Waals surface area contributed by atoms with Crippen LogP contribution in [0.4, 0.5) is 0 Å². The maximum absolute atomic E-state index is 10.9. The topological polar surface area (TPSA) is 26.3 Å². The summed E-state index contributed by atoms with van der Waals surface area (Å²) in [7, 11) is 0. The fraction of sp³-hybridized carbons (Fsp3) is 0. The van der Waals surface area contributed by atoms with Crippen LogP contribution in [-0.2, 0) is 0 Å². The van der Waals surface area contributed by atoms with Gasteiger partial charge in [-0.25, -0.2) is 0 Å². The third-order valence-electron chi connectivity index (χ3n) is 2.01. The fourth-order valence-corrected chi connectivity index (χ4v) is 1.65. The highest BCUT2D eigenvalue weighted by Gasteiger charge is 2.04. The van der Waals surface area contributed by atoms with Crippen molar-refractivity contribution in [1.82, 2.24) is 0 Å². The fourth-order valence-electron chi connectivity index (χ4n) is 1.27. The Morgan fingerprint density at radius 1 is 1.31 bits per heavy atom. The first-order valence-electron chi connectivity index (χ1n) is 4.68. The molecule has 0 unspecified atom stereocenters. The van der Waals surface area contributed by atoms with Gasteiger partial charge in [0, 0.05) is 4.47 Å². The van der Waals surface area contributed by atoms with Crippen LogP contribution in [0.1, 0.15) is 10.4 Å². The van der Waals surface area contributed by atoms with Gasteiger partial charge in [-0.3, -0.25) is 4.79 Å². The summed E-state index contributed by atoms with van der Waals surface area (Å²) in [5.74, 6) is 1.20. The lowest BCUT2D eigenvalue weighted by Crippen LogP contribution is -1.90. The van der Waals surface area contributed by atoms with E-state index in [-0.39, 0.29) is 0 Å². The second-order valence-electron chi connectivity index (χ2n) is 3.14. The molecule has 3 heteroatoms. The largest absolute Gasteiger partial charge is 0.457 e. The van der Waals surface area contributed by atoms with Gasteiger partial charge in [0.2, 0.25) is 0 Å². The predicted octanol–water partition coefficient (Wildman–Crippen LogP) is 3.85. The molecule has 0 saturated heterocycles. The molecule has 1 radical (unpaired) electrons. The number of hydrogen-bond donors (Lipinski definition) is 0. The summed E-state index contributed by atoms with van der Waals surface area (Å²) in [4.78, 5) is 10.9. The molecular weight excluding hydrogens is 268 g/mol. The Morgan fingerprint density at radius 3 is 2.88 bits per heavy atom. The summed E-state index contributed by atoms with van der Waals surface area (Å²) in [6, 6.07) is 15.4. The number of aldehydes is 1. The second kappa shape index (κ2) is 4.94. The second-order valence-corrected chi connectivity index (χ2v) is 4.06. The Balaban J connectivity index is 2.31. The van der Waals surface area contributed by atoms with Gasteiger partial charge in [0.1, 0.15) is 11.5 Å². The summed E-state index contributed by atoms with van der Waals surface area (Å²) >= 11 is 3.30. The van der Waals surface area contributed by atoms with Crippen molar-refractivity contribution in [3.63, 3.8) is 0 Å². The van der Waals surface area contributed by atoms with Gasteiger partial charge in [0.25, 0.3) is 0 Å². The first-order valence-corrected chi connectivity index (χ1v) is 5.47. The quantitative estimate of drug-likeness (QED) is 0.796. The molecule has 0 aliphatic rings. The first kappa shape index (κ1) is 10.9. The lowest BCUT2D eigenvalue weighted by atomic mass is 10.2. The highest BCUT2D eigenvalue weighted by molar-refractivity contribution is 9.10. The molecule has 2 nitrogen and oxygen atoms in total. The van der Waals surface area contributed by atoms with E-state index in [9.17, 15) is 4.79 Å². The number of benzene rings is 2. The molecule has 79 valence electrons. The highest BCUT2D eigenvalue weighted by Crippen LogP contribution is 2.26. The van der Waals surface area contributed by atoms with Crippen LogP contribution < -0.4 is 4.74 Å². The zero-order valence-electron chi connectivity index (χ0n) is 8.31. The minimum atomic E-state index is 0.512. The average Bonchev–Trinajstić information content (AvgIpc) is 2.33. The Kier molecular flexibility index (Phi) is 3.37. The van der Waals surface area contributed by atoms with Crippen LogP contribution in [-0.4, -0.2) is 6.29 Å². The molecule has 0 heterocycles. The molecule has 0 amide bonds. The average molecular weight is 276 g/mol. The number of carbonyl (C=O) groups is 1. The monoisotopic (exact) mass is 275 g/mol. The van der Waals surface area contributed by atoms with Crippen molar-refractivity contribution >= 4 is 22.2 Å². The van der Waals surface area contributed by atoms with Crippen molar-refractivity contribution in [3.8, 4) is 11.5 Å². The van der Waals surface area contributed by atoms with Crippen molar-refractivity contribution < 1.29 is 9.53 Å². The first-order chi connectivity index (χ1) is 7.79. The molecule has 2 rings (SSSR count). The van der Waals surface area contributed by atoms with Crippen LogP contribution in [0.15, 0.2) is 46.9 Å². The molecule has 0 bridgehead atoms. The molecule has 2 aromatic rings. The van der Waals surface area contributed by atoms with Crippen LogP contribution in [0.3, 0.4) is 0 Å². The van der Waals surface area contributed by atoms with Gasteiger partial charge in [-0.2, -0.15) is 0 Å². The normalized spacial score (nSPS) is 9.81. The van der Waals surface area contributed by atoms with Gasteiger partial charge in [-0.15, -0.1) is 0 Å². The number of halogens is 1. The summed E-state index contributed by atoms with van der Waals surface area (Å²) in [5.41, 5.74) is 0.512. The molecule has 16 heavy (non-hydrogen) atoms. The van der Waals surface area contributed by atoms with Gasteiger partial charge in [0.05, 0.1) is 5.56 Å². The van der Waals surface area contributed by atoms with Gasteiger partial charge >= 0.3 is 0 Å². The standard InChI is InChI=1S/C13H8BrO2/c14-11-6-7-13(10(8-11)9-15)16-12-4-2-1-3-5-12/h1-2,4-9H. The Labute approximate surface area is 102 Å². The van der Waals surface area contributed by atoms with Crippen molar-refractivity contribution in [2.45, 2.75) is 0 Å². The molecule has 0 aromatic heterocycles. The minimum absolute atomic E-state index is 0.512. The number of rotatable bonds is 3. The van der Waals surface area contributed by atoms with Gasteiger partial charge in [0.15, 0.2) is 6.29 Å². The maximum Gasteiger partial charge on any atom is 0.153 e. The predicted molar refractivity (Wildman–Crippen MR) is 64.9 cm³/mol. The van der Waals surface area contributed by atoms with Crippen LogP contribution >= 0.6 is 15.9 Å². The lowest BCUT2D eigenvalue weighted by Gasteiger charge is -2.07. The zero-order chi connectivity index (χ0) is 11.4. The molecule has 0 aliphatic heterocycles. The van der Waals surface area contributed by atoms with E-state index >= 15 is 0 Å². The van der Waals surface area contributed by atoms with E-state index in [2.05, 4.69) is 22.0 Å². The number of hydrogen-bond acceptors (Lipinski definition) is 2. The van der Waals surface area contributed by atoms with E-state index in [0.29, 0.717) is 17.1 Å². The van der Waals surface area contributed by atoms with Crippen LogP contribution in [0.25, 0.3) is 0 Å². The lowest BCUT2D eigenvalue weighted by molar-refractivity contribution is 0.112. The Morgan fingerprint density at radius 2 is 2.19 bits per heavy atom. The summed E-state index contributed by atoms with van der Waals surface area (Å²) in [5, 5.41) is 0. The molecule has 0 fully saturated rings. The third kappa shape index (κ3) is 2.49. The highest BCUT2D eigenvalue weighted by atomic mass is 79.9. The number of ether oxygens (including phenoxy) is 1. The third-order valence-corrected chi connectivity index (χ3v) is 2.50. The van der Waals surface area contributed by atoms with E-state index in [0.717, 1.165) is 10.8 Å². The van der Waals surface area contributed by atoms with E-state index in [1.54, 1.807) is 24.3 Å². The van der Waals surface area contributed by atoms with Crippen molar-refractivity contribution in [2.75, 3.05) is 0 Å². The van der Waals surface area contributed by atoms with Crippen LogP contribution in [0, 0.1) is 6.07 Å².